The number of benzene rings is 5. The lowest BCUT2D eigenvalue weighted by molar-refractivity contribution is 0.103. The van der Waals surface area contributed by atoms with E-state index in [9.17, 15) is 37.7 Å². The predicted octanol–water partition coefficient (Wildman–Crippen LogP) is 31.5. The first kappa shape index (κ1) is 90.2. The average molecular weight is 1760 g/mol. The topological polar surface area (TPSA) is 140 Å². The van der Waals surface area contributed by atoms with Crippen molar-refractivity contribution in [3.05, 3.63) is 178 Å². The highest BCUT2D eigenvalue weighted by molar-refractivity contribution is 7.35. The van der Waals surface area contributed by atoms with Gasteiger partial charge in [0.2, 0.25) is 0 Å². The number of nitriles is 2. The minimum absolute atomic E-state index is 0.0754. The second-order valence-electron chi connectivity index (χ2n) is 33.4. The van der Waals surface area contributed by atoms with Crippen molar-refractivity contribution in [3.8, 4) is 17.9 Å². The van der Waals surface area contributed by atoms with Gasteiger partial charge in [0.25, 0.3) is 11.4 Å². The van der Waals surface area contributed by atoms with Crippen LogP contribution in [0.25, 0.3) is 127 Å². The van der Waals surface area contributed by atoms with Gasteiger partial charge in [0.15, 0.2) is 63.9 Å². The number of nitrogens with zero attached hydrogens (tertiary/aromatic N) is 9. The van der Waals surface area contributed by atoms with Gasteiger partial charge in [-0.05, 0) is 109 Å². The Kier molecular flexibility index (Phi) is 29.1. The fraction of sp³-hybridized carbons (Fsp3) is 0.440. The van der Waals surface area contributed by atoms with E-state index in [4.69, 9.17) is 28.1 Å². The molecule has 12 nitrogen and oxygen atoms in total. The summed E-state index contributed by atoms with van der Waals surface area (Å²) in [5, 5.41) is 31.8. The Morgan fingerprint density at radius 1 is 0.444 bits per heavy atom. The molecule has 0 bridgehead atoms. The van der Waals surface area contributed by atoms with Crippen LogP contribution in [-0.4, -0.2) is 42.3 Å². The molecule has 0 aliphatic heterocycles. The first-order chi connectivity index (χ1) is 60.2. The Morgan fingerprint density at radius 3 is 1.23 bits per heavy atom. The normalized spacial score (nSPS) is 15.4. The summed E-state index contributed by atoms with van der Waals surface area (Å²) in [6.07, 6.45) is 40.2. The molecule has 0 N–H and O–H groups in total. The van der Waals surface area contributed by atoms with Crippen molar-refractivity contribution >= 4 is 174 Å². The largest absolute Gasteiger partial charge is 0.491 e. The van der Waals surface area contributed by atoms with Crippen molar-refractivity contribution in [3.63, 3.8) is 0 Å². The van der Waals surface area contributed by atoms with E-state index in [2.05, 4.69) is 74.2 Å². The number of Topliss-reactive ketones (excluding diaryl/α,β-unsaturated/α-hetero) is 2. The average Bonchev–Trinajstić information content (AvgIpc) is 1.50. The van der Waals surface area contributed by atoms with Gasteiger partial charge in [-0.3, -0.25) is 9.59 Å². The number of allylic oxidation sites excluding steroid dienone is 10. The van der Waals surface area contributed by atoms with Crippen LogP contribution in [-0.2, 0) is 26.1 Å². The van der Waals surface area contributed by atoms with E-state index in [1.807, 2.05) is 29.1 Å². The summed E-state index contributed by atoms with van der Waals surface area (Å²) in [6.45, 7) is 36.4. The summed E-state index contributed by atoms with van der Waals surface area (Å²) in [5.74, 6) is -14.9. The maximum atomic E-state index is 15.6. The van der Waals surface area contributed by atoms with Gasteiger partial charge in [0, 0.05) is 83.7 Å². The molecule has 0 fully saturated rings. The van der Waals surface area contributed by atoms with E-state index in [1.165, 1.54) is 50.7 Å². The first-order valence-corrected chi connectivity index (χ1v) is 47.8. The van der Waals surface area contributed by atoms with Crippen LogP contribution < -0.4 is 4.74 Å². The third-order valence-electron chi connectivity index (χ3n) is 25.3. The molecule has 5 aromatic carbocycles. The molecule has 124 heavy (non-hydrogen) atoms. The van der Waals surface area contributed by atoms with Crippen molar-refractivity contribution in [1.82, 2.24) is 24.1 Å². The van der Waals surface area contributed by atoms with E-state index in [0.29, 0.717) is 37.9 Å². The zero-order chi connectivity index (χ0) is 87.9. The number of carbonyl (C=O) groups is 2. The number of carbonyl (C=O) groups excluding carboxylic acids is 2. The van der Waals surface area contributed by atoms with Crippen LogP contribution in [0, 0.1) is 100 Å². The minimum atomic E-state index is -2.04. The van der Waals surface area contributed by atoms with Gasteiger partial charge in [0.1, 0.15) is 11.0 Å². The summed E-state index contributed by atoms with van der Waals surface area (Å²) in [5.41, 5.74) is 4.95. The molecule has 2 aliphatic carbocycles. The molecule has 0 amide bonds. The summed E-state index contributed by atoms with van der Waals surface area (Å²) in [4.78, 5) is 40.1. The molecular weight excluding hydrogens is 1660 g/mol. The quantitative estimate of drug-likeness (QED) is 0.00707. The van der Waals surface area contributed by atoms with E-state index in [0.717, 1.165) is 259 Å². The van der Waals surface area contributed by atoms with Crippen LogP contribution >= 0.6 is 45.3 Å². The van der Waals surface area contributed by atoms with Crippen molar-refractivity contribution in [2.24, 2.45) is 17.8 Å². The molecule has 24 heteroatoms. The molecule has 0 radical (unpaired) electrons. The standard InChI is InChI=1S/C100H103F8N9O3S4/c1-11-19-24-26-28-29-30-32-34-41-59-72(44-36-42-60-74(70(51-109)111-9)62-47-64-66(49-68(62)92(60)118)80(103)84(107)82(105)78(64)101)121-98-90-96(123-95(59)98)76-86-87(114-117(113-86)55-58(18-8)40-23-15-5)77-89(88(76)115(90)53-56(16-6)38-21-13-3)116(54-57(17-7)39-22-14-4)91-97(77)124-100-94(120-46-35-33-31-27-25-20-12-2)73(122-99(91)100)45-37-43-61-75(71(52-110)112-10)63-48-65-67(50-69(63)93(61)119)81(104)85(108)83(106)79(65)102/h36-37,42-45,47-50,56-58H,11-35,38-41,46,53-55H2,1-8H3/b44-36+,45-37+,60-42-,61-43-,74-70-,75-71+. The molecule has 3 atom stereocenters. The van der Waals surface area contributed by atoms with Gasteiger partial charge in [-0.2, -0.15) is 15.0 Å². The van der Waals surface area contributed by atoms with E-state index >= 15 is 17.6 Å². The SMILES string of the molecule is [C-]#[N+]\C(C#N)=C1/C(=C/C=C/c2sc3c(sc4c5c6nn(CC(CC)CCCC)nc6c6c7sc8c(CCCCCCCCCCC)c(/C=C/C=C9\C(=O)c%10cc%11c(F)c(F)c(F)c(F)c%11cc%10\C9=C(\C#N)[N+]#[C-])sc8c7n(CC(CC)CCCC)c6c5n(CC(CC)CCCC)c34)c2OCCCCCCCCC)C(=O)c2cc3c(F)c(F)c(F)c(F)c3cc21. The molecule has 14 rings (SSSR count). The Hall–Kier alpha value is -10.1. The van der Waals surface area contributed by atoms with E-state index in [1.54, 1.807) is 57.5 Å². The van der Waals surface area contributed by atoms with Crippen molar-refractivity contribution < 1.29 is 49.4 Å². The number of fused-ring (bicyclic) bond motifs is 18. The number of hydrogen-bond donors (Lipinski definition) is 0. The maximum Gasteiger partial charge on any atom is 0.270 e. The smallest absolute Gasteiger partial charge is 0.270 e. The number of ketones is 2. The van der Waals surface area contributed by atoms with Crippen LogP contribution in [0.4, 0.5) is 35.1 Å². The second kappa shape index (κ2) is 40.1. The molecule has 0 saturated heterocycles. The lowest BCUT2D eigenvalue weighted by Crippen LogP contribution is -2.13. The summed E-state index contributed by atoms with van der Waals surface area (Å²) in [7, 11) is 0. The van der Waals surface area contributed by atoms with Gasteiger partial charge in [-0.25, -0.2) is 55.3 Å². The fourth-order valence-corrected chi connectivity index (χ4v) is 24.1. The third-order valence-corrected chi connectivity index (χ3v) is 30.4. The molecule has 7 heterocycles. The number of halogens is 8. The van der Waals surface area contributed by atoms with Gasteiger partial charge >= 0.3 is 0 Å². The second-order valence-corrected chi connectivity index (χ2v) is 37.5. The fourth-order valence-electron chi connectivity index (χ4n) is 18.4. The number of aryl methyl sites for hydroxylation is 1. The molecule has 12 aromatic rings. The zero-order valence-electron chi connectivity index (χ0n) is 71.7. The van der Waals surface area contributed by atoms with E-state index < -0.39 is 91.0 Å². The number of ether oxygens (including phenoxy) is 1. The van der Waals surface area contributed by atoms with Crippen LogP contribution in [0.1, 0.15) is 282 Å². The molecule has 3 unspecified atom stereocenters. The van der Waals surface area contributed by atoms with Crippen LogP contribution in [0.2, 0.25) is 0 Å². The molecule has 2 aliphatic rings. The number of aromatic nitrogens is 5. The number of hydrogen-bond acceptors (Lipinski definition) is 11. The molecule has 0 saturated carbocycles. The van der Waals surface area contributed by atoms with E-state index in [-0.39, 0.29) is 56.4 Å². The van der Waals surface area contributed by atoms with Crippen LogP contribution in [0.15, 0.2) is 71.1 Å². The number of thiophene rings is 4. The maximum absolute atomic E-state index is 15.6. The Balaban J connectivity index is 1.03. The van der Waals surface area contributed by atoms with Gasteiger partial charge in [-0.1, -0.05) is 227 Å². The van der Waals surface area contributed by atoms with Gasteiger partial charge in [-0.15, -0.1) is 45.3 Å². The minimum Gasteiger partial charge on any atom is -0.491 e. The highest BCUT2D eigenvalue weighted by atomic mass is 32.1. The van der Waals surface area contributed by atoms with Gasteiger partial charge in [0.05, 0.1) is 93.6 Å². The van der Waals surface area contributed by atoms with Crippen molar-refractivity contribution in [2.75, 3.05) is 6.61 Å². The molecule has 646 valence electrons. The third kappa shape index (κ3) is 17.0. The highest BCUT2D eigenvalue weighted by Gasteiger charge is 2.39. The van der Waals surface area contributed by atoms with Crippen LogP contribution in [0.5, 0.6) is 5.75 Å². The first-order valence-electron chi connectivity index (χ1n) is 44.6. The lowest BCUT2D eigenvalue weighted by Gasteiger charge is -2.20. The summed E-state index contributed by atoms with van der Waals surface area (Å²) in [6, 6.07) is 7.68. The summed E-state index contributed by atoms with van der Waals surface area (Å²) >= 11 is 6.69. The Bertz CT molecular complexity index is 6410. The summed E-state index contributed by atoms with van der Waals surface area (Å²) < 4.78 is 140. The van der Waals surface area contributed by atoms with Crippen molar-refractivity contribution in [2.45, 2.75) is 261 Å². The van der Waals surface area contributed by atoms with Crippen molar-refractivity contribution in [1.29, 1.82) is 10.5 Å². The Labute approximate surface area is 734 Å². The number of unbranched alkanes of at least 4 members (excludes halogenated alkanes) is 17. The Morgan fingerprint density at radius 2 is 0.815 bits per heavy atom. The van der Waals surface area contributed by atoms with Crippen LogP contribution in [0.3, 0.4) is 0 Å². The molecular formula is C100H103F8N9O3S4. The molecule has 7 aromatic heterocycles. The number of rotatable bonds is 41. The molecule has 0 spiro atoms. The lowest BCUT2D eigenvalue weighted by atomic mass is 9.98. The monoisotopic (exact) mass is 1760 g/mol. The predicted molar refractivity (Wildman–Crippen MR) is 493 cm³/mol. The zero-order valence-corrected chi connectivity index (χ0v) is 75.0. The van der Waals surface area contributed by atoms with Gasteiger partial charge < -0.3 is 13.9 Å². The highest BCUT2D eigenvalue weighted by Crippen LogP contribution is 2.57.